The van der Waals surface area contributed by atoms with Gasteiger partial charge in [0.2, 0.25) is 0 Å². The van der Waals surface area contributed by atoms with E-state index in [2.05, 4.69) is 12.2 Å². The van der Waals surface area contributed by atoms with E-state index in [-0.39, 0.29) is 6.10 Å². The molecule has 1 aromatic carbocycles. The molecule has 0 aliphatic carbocycles. The highest BCUT2D eigenvalue weighted by molar-refractivity contribution is 6.42. The first-order chi connectivity index (χ1) is 7.69. The van der Waals surface area contributed by atoms with Crippen molar-refractivity contribution in [1.29, 1.82) is 0 Å². The molecule has 0 fully saturated rings. The Morgan fingerprint density at radius 1 is 1.38 bits per heavy atom. The van der Waals surface area contributed by atoms with Crippen molar-refractivity contribution in [3.63, 3.8) is 0 Å². The van der Waals surface area contributed by atoms with Crippen LogP contribution in [0.25, 0.3) is 0 Å². The maximum absolute atomic E-state index is 6.06. The first-order valence-electron chi connectivity index (χ1n) is 5.44. The normalized spacial score (nSPS) is 12.5. The van der Waals surface area contributed by atoms with Gasteiger partial charge in [-0.15, -0.1) is 0 Å². The SMILES string of the molecule is CCCC(CNC)Oc1cccc(Cl)c1Cl. The lowest BCUT2D eigenvalue weighted by molar-refractivity contribution is 0.189. The molecular formula is C12H17Cl2NO. The third-order valence-electron chi connectivity index (χ3n) is 2.25. The van der Waals surface area contributed by atoms with E-state index in [9.17, 15) is 0 Å². The summed E-state index contributed by atoms with van der Waals surface area (Å²) in [4.78, 5) is 0. The smallest absolute Gasteiger partial charge is 0.139 e. The number of benzene rings is 1. The second-order valence-corrected chi connectivity index (χ2v) is 4.42. The van der Waals surface area contributed by atoms with Gasteiger partial charge in [-0.05, 0) is 25.6 Å². The van der Waals surface area contributed by atoms with E-state index in [1.165, 1.54) is 0 Å². The van der Waals surface area contributed by atoms with Gasteiger partial charge in [-0.1, -0.05) is 42.6 Å². The van der Waals surface area contributed by atoms with Crippen LogP contribution < -0.4 is 10.1 Å². The van der Waals surface area contributed by atoms with Crippen molar-refractivity contribution in [3.8, 4) is 5.75 Å². The molecule has 1 rings (SSSR count). The van der Waals surface area contributed by atoms with Crippen LogP contribution in [0.4, 0.5) is 0 Å². The lowest BCUT2D eigenvalue weighted by Gasteiger charge is -2.19. The first kappa shape index (κ1) is 13.6. The number of hydrogen-bond acceptors (Lipinski definition) is 2. The number of rotatable bonds is 6. The Labute approximate surface area is 107 Å². The minimum Gasteiger partial charge on any atom is -0.487 e. The molecule has 0 spiro atoms. The van der Waals surface area contributed by atoms with E-state index in [1.54, 1.807) is 6.07 Å². The fourth-order valence-electron chi connectivity index (χ4n) is 1.51. The van der Waals surface area contributed by atoms with Crippen LogP contribution in [0.1, 0.15) is 19.8 Å². The minimum absolute atomic E-state index is 0.131. The summed E-state index contributed by atoms with van der Waals surface area (Å²) in [5.74, 6) is 0.655. The molecule has 0 aliphatic rings. The molecule has 0 heterocycles. The van der Waals surface area contributed by atoms with Gasteiger partial charge in [-0.25, -0.2) is 0 Å². The van der Waals surface area contributed by atoms with Crippen molar-refractivity contribution in [1.82, 2.24) is 5.32 Å². The summed E-state index contributed by atoms with van der Waals surface area (Å²) < 4.78 is 5.83. The second-order valence-electron chi connectivity index (χ2n) is 3.64. The number of nitrogens with one attached hydrogen (secondary N) is 1. The molecule has 1 unspecified atom stereocenters. The van der Waals surface area contributed by atoms with Crippen molar-refractivity contribution in [3.05, 3.63) is 28.2 Å². The minimum atomic E-state index is 0.131. The van der Waals surface area contributed by atoms with E-state index in [0.29, 0.717) is 15.8 Å². The van der Waals surface area contributed by atoms with Crippen LogP contribution in [0.3, 0.4) is 0 Å². The van der Waals surface area contributed by atoms with Crippen LogP contribution >= 0.6 is 23.2 Å². The maximum atomic E-state index is 6.06. The zero-order chi connectivity index (χ0) is 12.0. The number of hydrogen-bond donors (Lipinski definition) is 1. The Morgan fingerprint density at radius 2 is 2.12 bits per heavy atom. The van der Waals surface area contributed by atoms with E-state index < -0.39 is 0 Å². The third kappa shape index (κ3) is 3.85. The summed E-state index contributed by atoms with van der Waals surface area (Å²) in [5, 5.41) is 4.12. The zero-order valence-corrected chi connectivity index (χ0v) is 11.1. The van der Waals surface area contributed by atoms with Crippen molar-refractivity contribution in [2.45, 2.75) is 25.9 Å². The summed E-state index contributed by atoms with van der Waals surface area (Å²) in [6, 6.07) is 5.43. The van der Waals surface area contributed by atoms with Crippen LogP contribution in [0.15, 0.2) is 18.2 Å². The summed E-state index contributed by atoms with van der Waals surface area (Å²) >= 11 is 12.0. The number of ether oxygens (including phenoxy) is 1. The molecule has 16 heavy (non-hydrogen) atoms. The van der Waals surface area contributed by atoms with Crippen LogP contribution in [0, 0.1) is 0 Å². The van der Waals surface area contributed by atoms with E-state index in [0.717, 1.165) is 19.4 Å². The fraction of sp³-hybridized carbons (Fsp3) is 0.500. The van der Waals surface area contributed by atoms with Crippen LogP contribution in [0.2, 0.25) is 10.0 Å². The predicted molar refractivity (Wildman–Crippen MR) is 69.7 cm³/mol. The molecule has 0 radical (unpaired) electrons. The van der Waals surface area contributed by atoms with Gasteiger partial charge in [0.15, 0.2) is 0 Å². The molecule has 0 aliphatic heterocycles. The van der Waals surface area contributed by atoms with Gasteiger partial charge in [0, 0.05) is 6.54 Å². The van der Waals surface area contributed by atoms with Gasteiger partial charge in [0.25, 0.3) is 0 Å². The van der Waals surface area contributed by atoms with Crippen LogP contribution in [-0.2, 0) is 0 Å². The van der Waals surface area contributed by atoms with Gasteiger partial charge in [0.1, 0.15) is 16.9 Å². The van der Waals surface area contributed by atoms with E-state index in [1.807, 2.05) is 19.2 Å². The van der Waals surface area contributed by atoms with Crippen LogP contribution in [0.5, 0.6) is 5.75 Å². The monoisotopic (exact) mass is 261 g/mol. The fourth-order valence-corrected chi connectivity index (χ4v) is 1.84. The van der Waals surface area contributed by atoms with Gasteiger partial charge in [-0.2, -0.15) is 0 Å². The molecule has 0 aromatic heterocycles. The molecule has 0 saturated heterocycles. The lowest BCUT2D eigenvalue weighted by atomic mass is 10.2. The highest BCUT2D eigenvalue weighted by Crippen LogP contribution is 2.32. The van der Waals surface area contributed by atoms with E-state index >= 15 is 0 Å². The quantitative estimate of drug-likeness (QED) is 0.842. The van der Waals surface area contributed by atoms with Crippen LogP contribution in [-0.4, -0.2) is 19.7 Å². The Kier molecular flexibility index (Phi) is 5.96. The molecule has 0 saturated carbocycles. The molecule has 1 N–H and O–H groups in total. The number of likely N-dealkylation sites (N-methyl/N-ethyl adjacent to an activating group) is 1. The van der Waals surface area contributed by atoms with Crippen molar-refractivity contribution < 1.29 is 4.74 Å². The summed E-state index contributed by atoms with van der Waals surface area (Å²) in [6.07, 6.45) is 2.19. The summed E-state index contributed by atoms with van der Waals surface area (Å²) in [6.45, 7) is 2.93. The molecule has 1 atom stereocenters. The van der Waals surface area contributed by atoms with Crippen molar-refractivity contribution >= 4 is 23.2 Å². The third-order valence-corrected chi connectivity index (χ3v) is 3.05. The molecule has 2 nitrogen and oxygen atoms in total. The Balaban J connectivity index is 2.72. The summed E-state index contributed by atoms with van der Waals surface area (Å²) in [5.41, 5.74) is 0. The first-order valence-corrected chi connectivity index (χ1v) is 6.19. The van der Waals surface area contributed by atoms with Gasteiger partial charge in [0.05, 0.1) is 5.02 Å². The molecule has 1 aromatic rings. The average Bonchev–Trinajstić information content (AvgIpc) is 2.25. The average molecular weight is 262 g/mol. The number of halogens is 2. The van der Waals surface area contributed by atoms with Gasteiger partial charge < -0.3 is 10.1 Å². The lowest BCUT2D eigenvalue weighted by Crippen LogP contribution is -2.29. The largest absolute Gasteiger partial charge is 0.487 e. The van der Waals surface area contributed by atoms with Gasteiger partial charge >= 0.3 is 0 Å². The maximum Gasteiger partial charge on any atom is 0.139 e. The molecule has 0 bridgehead atoms. The van der Waals surface area contributed by atoms with Crippen molar-refractivity contribution in [2.75, 3.05) is 13.6 Å². The summed E-state index contributed by atoms with van der Waals surface area (Å²) in [7, 11) is 1.91. The van der Waals surface area contributed by atoms with Crippen molar-refractivity contribution in [2.24, 2.45) is 0 Å². The Bertz CT molecular complexity index is 325. The predicted octanol–water partition coefficient (Wildman–Crippen LogP) is 3.76. The standard InChI is InChI=1S/C12H17Cl2NO/c1-3-5-9(8-15-2)16-11-7-4-6-10(13)12(11)14/h4,6-7,9,15H,3,5,8H2,1-2H3. The molecule has 90 valence electrons. The molecule has 4 heteroatoms. The highest BCUT2D eigenvalue weighted by atomic mass is 35.5. The van der Waals surface area contributed by atoms with E-state index in [4.69, 9.17) is 27.9 Å². The highest BCUT2D eigenvalue weighted by Gasteiger charge is 2.12. The molecular weight excluding hydrogens is 245 g/mol. The van der Waals surface area contributed by atoms with Gasteiger partial charge in [-0.3, -0.25) is 0 Å². The Hall–Kier alpha value is -0.440. The second kappa shape index (κ2) is 7.00. The Morgan fingerprint density at radius 3 is 2.75 bits per heavy atom. The molecule has 0 amide bonds. The zero-order valence-electron chi connectivity index (χ0n) is 9.59. The topological polar surface area (TPSA) is 21.3 Å².